The minimum absolute atomic E-state index is 0.0451. The zero-order chi connectivity index (χ0) is 14.2. The molecule has 104 valence electrons. The number of hydrogen-bond donors (Lipinski definition) is 4. The molecule has 4 N–H and O–H groups in total. The summed E-state index contributed by atoms with van der Waals surface area (Å²) in [6.07, 6.45) is 0. The molecule has 0 radical (unpaired) electrons. The second-order valence-corrected chi connectivity index (χ2v) is 5.54. The van der Waals surface area contributed by atoms with E-state index in [1.165, 1.54) is 12.1 Å². The maximum absolute atomic E-state index is 10.3. The molecule has 0 heterocycles. The standard InChI is InChI=1S/C6H7O4P.C5H12O2/c7-11(8,9)10-6-4-2-1-3-5-6;1-5(2,3-6)4-7/h1-5H,(H2,7,8,9);6-7H,3-4H2,1-2H3. The monoisotopic (exact) mass is 278 g/mol. The van der Waals surface area contributed by atoms with Crippen LogP contribution < -0.4 is 4.52 Å². The number of phosphoric ester groups is 1. The number of benzene rings is 1. The van der Waals surface area contributed by atoms with Crippen molar-refractivity contribution in [1.82, 2.24) is 0 Å². The zero-order valence-corrected chi connectivity index (χ0v) is 11.2. The van der Waals surface area contributed by atoms with Crippen LogP contribution >= 0.6 is 7.82 Å². The number of hydrogen-bond acceptors (Lipinski definition) is 4. The fourth-order valence-electron chi connectivity index (χ4n) is 0.669. The Morgan fingerprint density at radius 2 is 1.56 bits per heavy atom. The highest BCUT2D eigenvalue weighted by Crippen LogP contribution is 2.36. The van der Waals surface area contributed by atoms with Crippen LogP contribution in [0.2, 0.25) is 0 Å². The molecule has 7 heteroatoms. The highest BCUT2D eigenvalue weighted by molar-refractivity contribution is 7.46. The third kappa shape index (κ3) is 9.15. The van der Waals surface area contributed by atoms with E-state index in [0.717, 1.165) is 0 Å². The molecule has 18 heavy (non-hydrogen) atoms. The zero-order valence-electron chi connectivity index (χ0n) is 10.4. The summed E-state index contributed by atoms with van der Waals surface area (Å²) in [6, 6.07) is 7.93. The van der Waals surface area contributed by atoms with Gasteiger partial charge in [-0.3, -0.25) is 9.79 Å². The summed E-state index contributed by atoms with van der Waals surface area (Å²) in [5, 5.41) is 16.9. The summed E-state index contributed by atoms with van der Waals surface area (Å²) in [4.78, 5) is 16.7. The van der Waals surface area contributed by atoms with Crippen LogP contribution in [-0.2, 0) is 4.57 Å². The highest BCUT2D eigenvalue weighted by atomic mass is 31.2. The molecule has 0 bridgehead atoms. The lowest BCUT2D eigenvalue weighted by Gasteiger charge is -2.16. The third-order valence-corrected chi connectivity index (χ3v) is 2.27. The van der Waals surface area contributed by atoms with Gasteiger partial charge in [-0.2, -0.15) is 0 Å². The van der Waals surface area contributed by atoms with Crippen LogP contribution in [-0.4, -0.2) is 33.2 Å². The topological polar surface area (TPSA) is 107 Å². The Morgan fingerprint density at radius 3 is 1.83 bits per heavy atom. The summed E-state index contributed by atoms with van der Waals surface area (Å²) < 4.78 is 14.5. The van der Waals surface area contributed by atoms with Crippen LogP contribution in [0.25, 0.3) is 0 Å². The normalized spacial score (nSPS) is 11.4. The first-order chi connectivity index (χ1) is 8.20. The molecule has 0 unspecified atom stereocenters. The molecule has 0 saturated heterocycles. The SMILES string of the molecule is CC(C)(CO)CO.O=P(O)(O)Oc1ccccc1. The van der Waals surface area contributed by atoms with Gasteiger partial charge < -0.3 is 14.7 Å². The Hall–Kier alpha value is -0.910. The molecule has 1 aromatic carbocycles. The van der Waals surface area contributed by atoms with Crippen molar-refractivity contribution in [3.8, 4) is 5.75 Å². The lowest BCUT2D eigenvalue weighted by Crippen LogP contribution is -2.20. The van der Waals surface area contributed by atoms with Crippen LogP contribution in [0.5, 0.6) is 5.75 Å². The number of phosphoric acid groups is 1. The van der Waals surface area contributed by atoms with Crippen LogP contribution in [0.4, 0.5) is 0 Å². The lowest BCUT2D eigenvalue weighted by atomic mass is 9.97. The Bertz CT molecular complexity index is 366. The van der Waals surface area contributed by atoms with Crippen molar-refractivity contribution in [2.75, 3.05) is 13.2 Å². The average molecular weight is 278 g/mol. The van der Waals surface area contributed by atoms with Crippen LogP contribution in [0, 0.1) is 5.41 Å². The number of para-hydroxylation sites is 1. The van der Waals surface area contributed by atoms with E-state index < -0.39 is 7.82 Å². The predicted molar refractivity (Wildman–Crippen MR) is 67.1 cm³/mol. The molecule has 1 aromatic rings. The van der Waals surface area contributed by atoms with Gasteiger partial charge in [-0.05, 0) is 12.1 Å². The highest BCUT2D eigenvalue weighted by Gasteiger charge is 2.14. The first-order valence-electron chi connectivity index (χ1n) is 5.22. The number of aliphatic hydroxyl groups excluding tert-OH is 2. The first kappa shape index (κ1) is 17.1. The Balaban J connectivity index is 0.000000360. The summed E-state index contributed by atoms with van der Waals surface area (Å²) in [5.41, 5.74) is -0.306. The molecule has 6 nitrogen and oxygen atoms in total. The van der Waals surface area contributed by atoms with Crippen LogP contribution in [0.3, 0.4) is 0 Å². The molecule has 0 saturated carbocycles. The number of rotatable bonds is 4. The van der Waals surface area contributed by atoms with E-state index >= 15 is 0 Å². The van der Waals surface area contributed by atoms with Crippen LogP contribution in [0.1, 0.15) is 13.8 Å². The first-order valence-corrected chi connectivity index (χ1v) is 6.75. The summed E-state index contributed by atoms with van der Waals surface area (Å²) in [6.45, 7) is 3.69. The molecule has 0 aromatic heterocycles. The smallest absolute Gasteiger partial charge is 0.404 e. The maximum atomic E-state index is 10.3. The Kier molecular flexibility index (Phi) is 7.13. The van der Waals surface area contributed by atoms with Crippen LogP contribution in [0.15, 0.2) is 30.3 Å². The molecule has 0 aliphatic rings. The molecule has 0 amide bonds. The van der Waals surface area contributed by atoms with Gasteiger partial charge in [0.05, 0.1) is 13.2 Å². The van der Waals surface area contributed by atoms with Gasteiger partial charge in [0.2, 0.25) is 0 Å². The third-order valence-electron chi connectivity index (χ3n) is 1.82. The van der Waals surface area contributed by atoms with Gasteiger partial charge in [-0.15, -0.1) is 0 Å². The van der Waals surface area contributed by atoms with Gasteiger partial charge in [0.15, 0.2) is 0 Å². The largest absolute Gasteiger partial charge is 0.524 e. The van der Waals surface area contributed by atoms with Gasteiger partial charge in [0.1, 0.15) is 5.75 Å². The fourth-order valence-corrected chi connectivity index (χ4v) is 1.07. The summed E-state index contributed by atoms with van der Waals surface area (Å²) in [7, 11) is -4.39. The predicted octanol–water partition coefficient (Wildman–Crippen LogP) is 1.16. The van der Waals surface area contributed by atoms with Gasteiger partial charge in [-0.25, -0.2) is 4.57 Å². The Morgan fingerprint density at radius 1 is 1.11 bits per heavy atom. The number of aliphatic hydroxyl groups is 2. The second-order valence-electron chi connectivity index (χ2n) is 4.38. The quantitative estimate of drug-likeness (QED) is 0.615. The van der Waals surface area contributed by atoms with Crippen molar-refractivity contribution < 1.29 is 29.1 Å². The van der Waals surface area contributed by atoms with Crippen molar-refractivity contribution in [3.63, 3.8) is 0 Å². The van der Waals surface area contributed by atoms with E-state index in [1.54, 1.807) is 32.0 Å². The minimum Gasteiger partial charge on any atom is -0.404 e. The van der Waals surface area contributed by atoms with Gasteiger partial charge in [0.25, 0.3) is 0 Å². The van der Waals surface area contributed by atoms with Crippen molar-refractivity contribution >= 4 is 7.82 Å². The van der Waals surface area contributed by atoms with Gasteiger partial charge >= 0.3 is 7.82 Å². The fraction of sp³-hybridized carbons (Fsp3) is 0.455. The van der Waals surface area contributed by atoms with E-state index in [9.17, 15) is 4.57 Å². The van der Waals surface area contributed by atoms with E-state index in [2.05, 4.69) is 4.52 Å². The molecule has 0 spiro atoms. The molecule has 0 fully saturated rings. The molecule has 0 atom stereocenters. The minimum atomic E-state index is -4.39. The maximum Gasteiger partial charge on any atom is 0.524 e. The molecule has 0 aliphatic carbocycles. The van der Waals surface area contributed by atoms with Crippen molar-refractivity contribution in [1.29, 1.82) is 0 Å². The Labute approximate surface area is 106 Å². The van der Waals surface area contributed by atoms with Gasteiger partial charge in [0, 0.05) is 5.41 Å². The molecule has 1 rings (SSSR count). The molecule has 0 aliphatic heterocycles. The van der Waals surface area contributed by atoms with Crippen molar-refractivity contribution in [2.45, 2.75) is 13.8 Å². The second kappa shape index (κ2) is 7.51. The summed E-state index contributed by atoms with van der Waals surface area (Å²) >= 11 is 0. The average Bonchev–Trinajstić information content (AvgIpc) is 2.29. The van der Waals surface area contributed by atoms with Crippen molar-refractivity contribution in [2.24, 2.45) is 5.41 Å². The molecular formula is C11H19O6P. The summed E-state index contributed by atoms with van der Waals surface area (Å²) in [5.74, 6) is 0.167. The lowest BCUT2D eigenvalue weighted by molar-refractivity contribution is 0.0857. The molecular weight excluding hydrogens is 259 g/mol. The van der Waals surface area contributed by atoms with Gasteiger partial charge in [-0.1, -0.05) is 32.0 Å². The van der Waals surface area contributed by atoms with E-state index in [0.29, 0.717) is 0 Å². The van der Waals surface area contributed by atoms with E-state index in [-0.39, 0.29) is 24.4 Å². The van der Waals surface area contributed by atoms with E-state index in [4.69, 9.17) is 20.0 Å². The van der Waals surface area contributed by atoms with Crippen molar-refractivity contribution in [3.05, 3.63) is 30.3 Å². The van der Waals surface area contributed by atoms with E-state index in [1.807, 2.05) is 0 Å².